The SMILES string of the molecule is CN=C(NCC1(c2ccc(F)cc2)CC1)N1CCN(S(=O)(=O)CCOC(C)C)CC1.I. The zero-order chi connectivity index (χ0) is 21.8. The van der Waals surface area contributed by atoms with Crippen molar-refractivity contribution >= 4 is 40.0 Å². The molecule has 31 heavy (non-hydrogen) atoms. The average molecular weight is 568 g/mol. The minimum absolute atomic E-state index is 0. The predicted octanol–water partition coefficient (Wildman–Crippen LogP) is 2.42. The Morgan fingerprint density at radius 3 is 2.32 bits per heavy atom. The number of ether oxygens (including phenoxy) is 1. The van der Waals surface area contributed by atoms with E-state index in [-0.39, 0.29) is 53.7 Å². The molecule has 1 saturated heterocycles. The van der Waals surface area contributed by atoms with Gasteiger partial charge in [0.15, 0.2) is 5.96 Å². The minimum Gasteiger partial charge on any atom is -0.378 e. The monoisotopic (exact) mass is 568 g/mol. The number of halogens is 2. The van der Waals surface area contributed by atoms with Crippen LogP contribution in [0.1, 0.15) is 32.3 Å². The molecule has 0 aromatic heterocycles. The summed E-state index contributed by atoms with van der Waals surface area (Å²) in [4.78, 5) is 6.48. The van der Waals surface area contributed by atoms with Gasteiger partial charge in [0.05, 0.1) is 18.5 Å². The van der Waals surface area contributed by atoms with Gasteiger partial charge in [-0.25, -0.2) is 12.8 Å². The Kier molecular flexibility index (Phi) is 9.53. The van der Waals surface area contributed by atoms with E-state index in [2.05, 4.69) is 15.2 Å². The average Bonchev–Trinajstić information content (AvgIpc) is 3.50. The van der Waals surface area contributed by atoms with E-state index in [0.29, 0.717) is 26.2 Å². The third-order valence-electron chi connectivity index (χ3n) is 5.83. The van der Waals surface area contributed by atoms with E-state index in [9.17, 15) is 12.8 Å². The standard InChI is InChI=1S/C21H33FN4O3S.HI/c1-17(2)29-14-15-30(27,28)26-12-10-25(11-13-26)20(23-3)24-16-21(8-9-21)18-4-6-19(22)7-5-18;/h4-7,17H,8-16H2,1-3H3,(H,23,24);1H. The van der Waals surface area contributed by atoms with E-state index < -0.39 is 10.0 Å². The molecule has 1 aliphatic carbocycles. The van der Waals surface area contributed by atoms with Crippen molar-refractivity contribution in [3.8, 4) is 0 Å². The summed E-state index contributed by atoms with van der Waals surface area (Å²) in [5, 5.41) is 3.45. The first-order chi connectivity index (χ1) is 14.3. The summed E-state index contributed by atoms with van der Waals surface area (Å²) in [5.41, 5.74) is 1.18. The molecule has 2 fully saturated rings. The van der Waals surface area contributed by atoms with E-state index >= 15 is 0 Å². The number of nitrogens with one attached hydrogen (secondary N) is 1. The van der Waals surface area contributed by atoms with Crippen molar-refractivity contribution in [2.75, 3.05) is 52.1 Å². The van der Waals surface area contributed by atoms with Gasteiger partial charge in [0.25, 0.3) is 0 Å². The van der Waals surface area contributed by atoms with Gasteiger partial charge in [0.2, 0.25) is 10.0 Å². The van der Waals surface area contributed by atoms with Crippen LogP contribution in [0, 0.1) is 5.82 Å². The lowest BCUT2D eigenvalue weighted by atomic mass is 9.96. The van der Waals surface area contributed by atoms with Crippen LogP contribution in [0.4, 0.5) is 4.39 Å². The summed E-state index contributed by atoms with van der Waals surface area (Å²) in [7, 11) is -1.57. The summed E-state index contributed by atoms with van der Waals surface area (Å²) in [6.45, 7) is 6.80. The quantitative estimate of drug-likeness (QED) is 0.297. The Morgan fingerprint density at radius 1 is 1.19 bits per heavy atom. The molecule has 176 valence electrons. The molecular formula is C21H34FIN4O3S. The Labute approximate surface area is 202 Å². The highest BCUT2D eigenvalue weighted by Crippen LogP contribution is 2.47. The highest BCUT2D eigenvalue weighted by Gasteiger charge is 2.44. The van der Waals surface area contributed by atoms with Crippen LogP contribution >= 0.6 is 24.0 Å². The summed E-state index contributed by atoms with van der Waals surface area (Å²) in [6.07, 6.45) is 2.15. The minimum atomic E-state index is -3.31. The van der Waals surface area contributed by atoms with E-state index in [4.69, 9.17) is 4.74 Å². The molecule has 1 aromatic rings. The molecule has 0 bridgehead atoms. The predicted molar refractivity (Wildman–Crippen MR) is 132 cm³/mol. The first kappa shape index (κ1) is 26.3. The van der Waals surface area contributed by atoms with Gasteiger partial charge in [-0.15, -0.1) is 24.0 Å². The molecule has 0 atom stereocenters. The lowest BCUT2D eigenvalue weighted by Gasteiger charge is -2.36. The number of guanidine groups is 1. The van der Waals surface area contributed by atoms with Crippen LogP contribution in [0.2, 0.25) is 0 Å². The molecule has 0 unspecified atom stereocenters. The maximum atomic E-state index is 13.2. The number of hydrogen-bond donors (Lipinski definition) is 1. The van der Waals surface area contributed by atoms with Crippen molar-refractivity contribution in [1.82, 2.24) is 14.5 Å². The molecule has 1 heterocycles. The maximum absolute atomic E-state index is 13.2. The zero-order valence-electron chi connectivity index (χ0n) is 18.5. The number of nitrogens with zero attached hydrogens (tertiary/aromatic N) is 3. The zero-order valence-corrected chi connectivity index (χ0v) is 21.7. The number of piperazine rings is 1. The van der Waals surface area contributed by atoms with Crippen molar-refractivity contribution in [2.24, 2.45) is 4.99 Å². The van der Waals surface area contributed by atoms with Gasteiger partial charge < -0.3 is 15.0 Å². The highest BCUT2D eigenvalue weighted by molar-refractivity contribution is 14.0. The molecule has 3 rings (SSSR count). The first-order valence-electron chi connectivity index (χ1n) is 10.6. The van der Waals surface area contributed by atoms with Crippen molar-refractivity contribution in [3.05, 3.63) is 35.6 Å². The van der Waals surface area contributed by atoms with Crippen LogP contribution in [0.3, 0.4) is 0 Å². The number of aliphatic imine (C=N–C) groups is 1. The molecule has 1 aromatic carbocycles. The Morgan fingerprint density at radius 2 is 1.81 bits per heavy atom. The maximum Gasteiger partial charge on any atom is 0.216 e. The van der Waals surface area contributed by atoms with E-state index in [1.807, 2.05) is 26.0 Å². The van der Waals surface area contributed by atoms with Crippen LogP contribution in [-0.4, -0.2) is 81.8 Å². The van der Waals surface area contributed by atoms with Crippen molar-refractivity contribution in [3.63, 3.8) is 0 Å². The van der Waals surface area contributed by atoms with E-state index in [1.165, 1.54) is 12.1 Å². The fourth-order valence-corrected chi connectivity index (χ4v) is 5.08. The van der Waals surface area contributed by atoms with Crippen molar-refractivity contribution < 1.29 is 17.5 Å². The van der Waals surface area contributed by atoms with Crippen LogP contribution in [0.15, 0.2) is 29.3 Å². The topological polar surface area (TPSA) is 74.2 Å². The molecule has 10 heteroatoms. The third kappa shape index (κ3) is 7.00. The lowest BCUT2D eigenvalue weighted by molar-refractivity contribution is 0.0904. The van der Waals surface area contributed by atoms with Gasteiger partial charge >= 0.3 is 0 Å². The normalized spacial score (nSPS) is 19.3. The van der Waals surface area contributed by atoms with E-state index in [1.54, 1.807) is 11.4 Å². The van der Waals surface area contributed by atoms with Crippen LogP contribution in [-0.2, 0) is 20.2 Å². The van der Waals surface area contributed by atoms with Crippen molar-refractivity contribution in [1.29, 1.82) is 0 Å². The van der Waals surface area contributed by atoms with Gasteiger partial charge in [-0.2, -0.15) is 4.31 Å². The van der Waals surface area contributed by atoms with Crippen LogP contribution < -0.4 is 5.32 Å². The Hall–Kier alpha value is -0.980. The fraction of sp³-hybridized carbons (Fsp3) is 0.667. The smallest absolute Gasteiger partial charge is 0.216 e. The second kappa shape index (κ2) is 11.2. The summed E-state index contributed by atoms with van der Waals surface area (Å²) in [5.74, 6) is 0.573. The number of sulfonamides is 1. The van der Waals surface area contributed by atoms with Gasteiger partial charge in [0, 0.05) is 45.2 Å². The highest BCUT2D eigenvalue weighted by atomic mass is 127. The lowest BCUT2D eigenvalue weighted by Crippen LogP contribution is -2.54. The third-order valence-corrected chi connectivity index (χ3v) is 7.67. The Bertz CT molecular complexity index is 837. The molecule has 2 aliphatic rings. The summed E-state index contributed by atoms with van der Waals surface area (Å²) in [6, 6.07) is 6.74. The number of hydrogen-bond acceptors (Lipinski definition) is 4. The summed E-state index contributed by atoms with van der Waals surface area (Å²) < 4.78 is 45.2. The van der Waals surface area contributed by atoms with Crippen molar-refractivity contribution in [2.45, 2.75) is 38.2 Å². The molecule has 1 N–H and O–H groups in total. The van der Waals surface area contributed by atoms with Gasteiger partial charge in [-0.3, -0.25) is 4.99 Å². The van der Waals surface area contributed by atoms with E-state index in [0.717, 1.165) is 30.9 Å². The fourth-order valence-electron chi connectivity index (χ4n) is 3.80. The molecular weight excluding hydrogens is 534 g/mol. The summed E-state index contributed by atoms with van der Waals surface area (Å²) >= 11 is 0. The van der Waals surface area contributed by atoms with Gasteiger partial charge in [-0.05, 0) is 44.4 Å². The largest absolute Gasteiger partial charge is 0.378 e. The Balaban J connectivity index is 0.00000341. The first-order valence-corrected chi connectivity index (χ1v) is 12.2. The molecule has 1 saturated carbocycles. The second-order valence-corrected chi connectivity index (χ2v) is 10.4. The molecule has 0 spiro atoms. The molecule has 0 radical (unpaired) electrons. The number of rotatable bonds is 8. The molecule has 1 aliphatic heterocycles. The van der Waals surface area contributed by atoms with Gasteiger partial charge in [-0.1, -0.05) is 12.1 Å². The second-order valence-electron chi connectivity index (χ2n) is 8.31. The van der Waals surface area contributed by atoms with Crippen LogP contribution in [0.25, 0.3) is 0 Å². The number of benzene rings is 1. The molecule has 0 amide bonds. The van der Waals surface area contributed by atoms with Gasteiger partial charge in [0.1, 0.15) is 5.82 Å². The molecule has 7 nitrogen and oxygen atoms in total. The van der Waals surface area contributed by atoms with Crippen LogP contribution in [0.5, 0.6) is 0 Å².